The fourth-order valence-corrected chi connectivity index (χ4v) is 7.13. The number of carbonyl (C=O) groups is 2. The predicted molar refractivity (Wildman–Crippen MR) is 182 cm³/mol. The van der Waals surface area contributed by atoms with Crippen molar-refractivity contribution in [2.75, 3.05) is 17.4 Å². The highest BCUT2D eigenvalue weighted by Gasteiger charge is 2.36. The second-order valence-electron chi connectivity index (χ2n) is 10.2. The Bertz CT molecular complexity index is 1750. The zero-order valence-electron chi connectivity index (χ0n) is 24.5. The number of likely N-dealkylation sites (N-methyl/N-ethyl adjacent to an activating group) is 1. The molecular weight excluding hydrogens is 676 g/mol. The van der Waals surface area contributed by atoms with Crippen molar-refractivity contribution in [2.24, 2.45) is 0 Å². The summed E-state index contributed by atoms with van der Waals surface area (Å²) in [6.07, 6.45) is 0.142. The second-order valence-corrected chi connectivity index (χ2v) is 13.7. The zero-order chi connectivity index (χ0) is 32.7. The van der Waals surface area contributed by atoms with Crippen LogP contribution in [0.1, 0.15) is 23.6 Å². The maximum atomic E-state index is 14.5. The third-order valence-electron chi connectivity index (χ3n) is 7.10. The molecule has 236 valence electrons. The highest BCUT2D eigenvalue weighted by Crippen LogP contribution is 2.36. The summed E-state index contributed by atoms with van der Waals surface area (Å²) < 4.78 is 29.2. The Labute approximate surface area is 283 Å². The summed E-state index contributed by atoms with van der Waals surface area (Å²) in [7, 11) is -4.35. The van der Waals surface area contributed by atoms with Gasteiger partial charge in [0.05, 0.1) is 20.6 Å². The van der Waals surface area contributed by atoms with Gasteiger partial charge in [0.1, 0.15) is 12.6 Å². The lowest BCUT2D eigenvalue weighted by atomic mass is 10.0. The van der Waals surface area contributed by atoms with Gasteiger partial charge in [-0.25, -0.2) is 8.42 Å². The number of amides is 2. The fraction of sp³-hybridized carbons (Fsp3) is 0.212. The minimum atomic E-state index is -4.35. The highest BCUT2D eigenvalue weighted by atomic mass is 35.5. The summed E-state index contributed by atoms with van der Waals surface area (Å²) in [5.41, 5.74) is 2.06. The van der Waals surface area contributed by atoms with Gasteiger partial charge in [-0.05, 0) is 55.8 Å². The van der Waals surface area contributed by atoms with Crippen LogP contribution in [0.5, 0.6) is 0 Å². The molecule has 7 nitrogen and oxygen atoms in total. The summed E-state index contributed by atoms with van der Waals surface area (Å²) in [6.45, 7) is 3.03. The molecule has 1 N–H and O–H groups in total. The van der Waals surface area contributed by atoms with Gasteiger partial charge in [-0.2, -0.15) is 0 Å². The fourth-order valence-electron chi connectivity index (χ4n) is 4.74. The summed E-state index contributed by atoms with van der Waals surface area (Å²) in [5.74, 6) is -1.11. The Kier molecular flexibility index (Phi) is 11.8. The topological polar surface area (TPSA) is 86.8 Å². The Morgan fingerprint density at radius 2 is 1.40 bits per heavy atom. The number of hydrogen-bond donors (Lipinski definition) is 1. The van der Waals surface area contributed by atoms with E-state index in [0.29, 0.717) is 12.1 Å². The SMILES string of the molecule is CCNC(=O)[C@H](Cc1ccccc1)N(Cc1c(Cl)cccc1Cl)C(=O)CN(c1cccc(Cl)c1Cl)S(=O)(=O)c1ccc(C)cc1. The number of sulfonamides is 1. The van der Waals surface area contributed by atoms with Crippen molar-refractivity contribution < 1.29 is 18.0 Å². The normalized spacial score (nSPS) is 12.0. The quantitative estimate of drug-likeness (QED) is 0.165. The first kappa shape index (κ1) is 34.6. The zero-order valence-corrected chi connectivity index (χ0v) is 28.4. The molecule has 45 heavy (non-hydrogen) atoms. The van der Waals surface area contributed by atoms with Gasteiger partial charge in [0.2, 0.25) is 11.8 Å². The molecule has 0 saturated carbocycles. The molecule has 0 saturated heterocycles. The summed E-state index contributed by atoms with van der Waals surface area (Å²) in [6, 6.07) is 23.8. The average molecular weight is 708 g/mol. The van der Waals surface area contributed by atoms with Crippen LogP contribution in [0.15, 0.2) is 95.9 Å². The van der Waals surface area contributed by atoms with Crippen LogP contribution >= 0.6 is 46.4 Å². The molecule has 0 radical (unpaired) electrons. The molecule has 0 fully saturated rings. The van der Waals surface area contributed by atoms with E-state index in [1.807, 2.05) is 37.3 Å². The van der Waals surface area contributed by atoms with E-state index < -0.39 is 34.4 Å². The summed E-state index contributed by atoms with van der Waals surface area (Å²) in [4.78, 5) is 29.4. The van der Waals surface area contributed by atoms with Crippen LogP contribution in [0.3, 0.4) is 0 Å². The van der Waals surface area contributed by atoms with E-state index in [-0.39, 0.29) is 43.6 Å². The molecule has 0 bridgehead atoms. The molecule has 4 rings (SSSR count). The Hall–Kier alpha value is -3.27. The molecule has 0 spiro atoms. The van der Waals surface area contributed by atoms with E-state index in [1.165, 1.54) is 29.2 Å². The molecule has 4 aromatic rings. The van der Waals surface area contributed by atoms with Gasteiger partial charge in [0.15, 0.2) is 0 Å². The molecular formula is C33H31Cl4N3O4S. The van der Waals surface area contributed by atoms with E-state index in [4.69, 9.17) is 46.4 Å². The van der Waals surface area contributed by atoms with Crippen molar-refractivity contribution in [1.82, 2.24) is 10.2 Å². The minimum Gasteiger partial charge on any atom is -0.355 e. The monoisotopic (exact) mass is 705 g/mol. The van der Waals surface area contributed by atoms with Crippen molar-refractivity contribution in [2.45, 2.75) is 37.8 Å². The number of carbonyl (C=O) groups excluding carboxylic acids is 2. The predicted octanol–water partition coefficient (Wildman–Crippen LogP) is 7.58. The highest BCUT2D eigenvalue weighted by molar-refractivity contribution is 7.92. The van der Waals surface area contributed by atoms with Crippen LogP contribution in [0, 0.1) is 6.92 Å². The van der Waals surface area contributed by atoms with Crippen LogP contribution in [0.4, 0.5) is 5.69 Å². The van der Waals surface area contributed by atoms with Gasteiger partial charge in [-0.1, -0.05) is 107 Å². The van der Waals surface area contributed by atoms with E-state index >= 15 is 0 Å². The molecule has 0 heterocycles. The third kappa shape index (κ3) is 8.31. The number of hydrogen-bond acceptors (Lipinski definition) is 4. The van der Waals surface area contributed by atoms with E-state index in [9.17, 15) is 18.0 Å². The third-order valence-corrected chi connectivity index (χ3v) is 10.4. The Morgan fingerprint density at radius 3 is 2.02 bits per heavy atom. The molecule has 0 aliphatic rings. The summed E-state index contributed by atoms with van der Waals surface area (Å²) >= 11 is 25.9. The lowest BCUT2D eigenvalue weighted by molar-refractivity contribution is -0.140. The Morgan fingerprint density at radius 1 is 0.800 bits per heavy atom. The number of benzene rings is 4. The van der Waals surface area contributed by atoms with Gasteiger partial charge in [0.25, 0.3) is 10.0 Å². The molecule has 0 unspecified atom stereocenters. The van der Waals surface area contributed by atoms with Gasteiger partial charge < -0.3 is 10.2 Å². The molecule has 2 amide bonds. The van der Waals surface area contributed by atoms with E-state index in [2.05, 4.69) is 5.32 Å². The maximum absolute atomic E-state index is 14.5. The largest absolute Gasteiger partial charge is 0.355 e. The number of anilines is 1. The molecule has 0 aromatic heterocycles. The smallest absolute Gasteiger partial charge is 0.264 e. The standard InChI is InChI=1S/C33H31Cl4N3O4S/c1-3-38-33(42)30(19-23-9-5-4-6-10-23)39(20-25-26(34)11-7-12-27(25)35)31(41)21-40(29-14-8-13-28(36)32(29)37)45(43,44)24-17-15-22(2)16-18-24/h4-18,30H,3,19-21H2,1-2H3,(H,38,42)/t30-/m0/s1. The lowest BCUT2D eigenvalue weighted by Gasteiger charge is -2.34. The number of rotatable bonds is 12. The van der Waals surface area contributed by atoms with Crippen LogP contribution in [0.25, 0.3) is 0 Å². The van der Waals surface area contributed by atoms with Crippen molar-refractivity contribution in [3.8, 4) is 0 Å². The van der Waals surface area contributed by atoms with Gasteiger partial charge in [-0.15, -0.1) is 0 Å². The molecule has 0 aliphatic heterocycles. The lowest BCUT2D eigenvalue weighted by Crippen LogP contribution is -2.53. The van der Waals surface area contributed by atoms with Gasteiger partial charge in [0, 0.05) is 35.1 Å². The van der Waals surface area contributed by atoms with Crippen molar-refractivity contribution in [1.29, 1.82) is 0 Å². The number of nitrogens with zero attached hydrogens (tertiary/aromatic N) is 2. The maximum Gasteiger partial charge on any atom is 0.264 e. The van der Waals surface area contributed by atoms with Crippen molar-refractivity contribution >= 4 is 73.9 Å². The second kappa shape index (κ2) is 15.3. The van der Waals surface area contributed by atoms with E-state index in [0.717, 1.165) is 15.4 Å². The van der Waals surface area contributed by atoms with Crippen LogP contribution < -0.4 is 9.62 Å². The molecule has 12 heteroatoms. The Balaban J connectivity index is 1.86. The van der Waals surface area contributed by atoms with Gasteiger partial charge in [-0.3, -0.25) is 13.9 Å². The summed E-state index contributed by atoms with van der Waals surface area (Å²) in [5, 5.41) is 3.45. The van der Waals surface area contributed by atoms with Crippen LogP contribution in [0.2, 0.25) is 20.1 Å². The van der Waals surface area contributed by atoms with Crippen molar-refractivity contribution in [3.63, 3.8) is 0 Å². The van der Waals surface area contributed by atoms with Gasteiger partial charge >= 0.3 is 0 Å². The first-order chi connectivity index (χ1) is 21.4. The first-order valence-electron chi connectivity index (χ1n) is 14.0. The number of aryl methyl sites for hydroxylation is 1. The average Bonchev–Trinajstić information content (AvgIpc) is 3.01. The first-order valence-corrected chi connectivity index (χ1v) is 17.0. The van der Waals surface area contributed by atoms with Crippen LogP contribution in [-0.2, 0) is 32.6 Å². The number of halogens is 4. The van der Waals surface area contributed by atoms with E-state index in [1.54, 1.807) is 43.3 Å². The minimum absolute atomic E-state index is 0.00596. The molecule has 4 aromatic carbocycles. The molecule has 1 atom stereocenters. The van der Waals surface area contributed by atoms with Crippen molar-refractivity contribution in [3.05, 3.63) is 128 Å². The van der Waals surface area contributed by atoms with Crippen LogP contribution in [-0.4, -0.2) is 44.3 Å². The number of nitrogens with one attached hydrogen (secondary N) is 1. The molecule has 0 aliphatic carbocycles.